The van der Waals surface area contributed by atoms with Crippen molar-refractivity contribution >= 4 is 0 Å². The Balaban J connectivity index is 1.77. The van der Waals surface area contributed by atoms with Crippen LogP contribution >= 0.6 is 0 Å². The second-order valence-electron chi connectivity index (χ2n) is 5.88. The molecule has 108 valence electrons. The van der Waals surface area contributed by atoms with Gasteiger partial charge in [-0.1, -0.05) is 84.9 Å². The minimum atomic E-state index is 0.261. The van der Waals surface area contributed by atoms with Gasteiger partial charge in [-0.05, 0) is 28.7 Å². The summed E-state index contributed by atoms with van der Waals surface area (Å²) in [4.78, 5) is 0. The topological polar surface area (TPSA) is 12.0 Å². The molecule has 1 N–H and O–H groups in total. The van der Waals surface area contributed by atoms with Crippen LogP contribution in [0.5, 0.6) is 0 Å². The number of benzene rings is 3. The smallest absolute Gasteiger partial charge is 0.0584 e. The molecule has 1 heterocycles. The lowest BCUT2D eigenvalue weighted by atomic mass is 9.84. The summed E-state index contributed by atoms with van der Waals surface area (Å²) in [7, 11) is 0. The molecule has 0 spiro atoms. The van der Waals surface area contributed by atoms with Crippen molar-refractivity contribution in [1.82, 2.24) is 5.32 Å². The van der Waals surface area contributed by atoms with Crippen molar-refractivity contribution in [1.29, 1.82) is 0 Å². The molecule has 3 aromatic rings. The van der Waals surface area contributed by atoms with Crippen LogP contribution in [0, 0.1) is 0 Å². The molecule has 0 saturated heterocycles. The first kappa shape index (κ1) is 13.3. The summed E-state index contributed by atoms with van der Waals surface area (Å²) in [5.74, 6) is 0. The van der Waals surface area contributed by atoms with Gasteiger partial charge in [-0.15, -0.1) is 0 Å². The summed E-state index contributed by atoms with van der Waals surface area (Å²) in [5, 5.41) is 3.84. The summed E-state index contributed by atoms with van der Waals surface area (Å²) in [6.45, 7) is 0. The standard InChI is InChI=1S/C21H19N/c1-3-9-16(10-4-1)20-15-18-13-7-8-14-19(18)21(22-20)17-11-5-2-6-12-17/h1-14,20-22H,15H2/t20-,21-/m1/s1. The highest BCUT2D eigenvalue weighted by Crippen LogP contribution is 2.35. The van der Waals surface area contributed by atoms with Crippen LogP contribution in [0.2, 0.25) is 0 Å². The van der Waals surface area contributed by atoms with Crippen molar-refractivity contribution in [3.8, 4) is 0 Å². The highest BCUT2D eigenvalue weighted by molar-refractivity contribution is 5.41. The lowest BCUT2D eigenvalue weighted by Gasteiger charge is -2.34. The molecule has 0 saturated carbocycles. The molecule has 0 unspecified atom stereocenters. The van der Waals surface area contributed by atoms with E-state index in [1.54, 1.807) is 0 Å². The molecule has 4 rings (SSSR count). The van der Waals surface area contributed by atoms with Crippen molar-refractivity contribution in [2.75, 3.05) is 0 Å². The van der Waals surface area contributed by atoms with Crippen LogP contribution in [0.3, 0.4) is 0 Å². The number of nitrogens with one attached hydrogen (secondary N) is 1. The number of hydrogen-bond donors (Lipinski definition) is 1. The third-order valence-electron chi connectivity index (χ3n) is 4.49. The van der Waals surface area contributed by atoms with Crippen LogP contribution in [0.25, 0.3) is 0 Å². The summed E-state index contributed by atoms with van der Waals surface area (Å²) in [6.07, 6.45) is 1.05. The zero-order valence-corrected chi connectivity index (χ0v) is 12.4. The minimum Gasteiger partial charge on any atom is -0.299 e. The molecule has 0 aliphatic carbocycles. The van der Waals surface area contributed by atoms with Gasteiger partial charge < -0.3 is 0 Å². The lowest BCUT2D eigenvalue weighted by Crippen LogP contribution is -2.34. The normalized spacial score (nSPS) is 20.4. The largest absolute Gasteiger partial charge is 0.299 e. The molecule has 0 aromatic heterocycles. The fraction of sp³-hybridized carbons (Fsp3) is 0.143. The molecule has 3 aromatic carbocycles. The average molecular weight is 285 g/mol. The van der Waals surface area contributed by atoms with E-state index < -0.39 is 0 Å². The lowest BCUT2D eigenvalue weighted by molar-refractivity contribution is 0.451. The highest BCUT2D eigenvalue weighted by atomic mass is 15.0. The summed E-state index contributed by atoms with van der Waals surface area (Å²) < 4.78 is 0. The predicted octanol–water partition coefficient (Wildman–Crippen LogP) is 4.66. The Kier molecular flexibility index (Phi) is 3.49. The van der Waals surface area contributed by atoms with Crippen molar-refractivity contribution in [2.45, 2.75) is 18.5 Å². The van der Waals surface area contributed by atoms with Gasteiger partial charge in [-0.2, -0.15) is 0 Å². The summed E-state index contributed by atoms with van der Waals surface area (Å²) in [5.41, 5.74) is 5.54. The average Bonchev–Trinajstić information content (AvgIpc) is 2.62. The second kappa shape index (κ2) is 5.78. The summed E-state index contributed by atoms with van der Waals surface area (Å²) >= 11 is 0. The third-order valence-corrected chi connectivity index (χ3v) is 4.49. The minimum absolute atomic E-state index is 0.261. The van der Waals surface area contributed by atoms with Gasteiger partial charge in [0.15, 0.2) is 0 Å². The monoisotopic (exact) mass is 285 g/mol. The van der Waals surface area contributed by atoms with Crippen molar-refractivity contribution in [3.05, 3.63) is 107 Å². The van der Waals surface area contributed by atoms with E-state index >= 15 is 0 Å². The Morgan fingerprint density at radius 3 is 1.95 bits per heavy atom. The van der Waals surface area contributed by atoms with Crippen molar-refractivity contribution in [3.63, 3.8) is 0 Å². The van der Waals surface area contributed by atoms with Gasteiger partial charge >= 0.3 is 0 Å². The Labute approximate surface area is 131 Å². The number of fused-ring (bicyclic) bond motifs is 1. The van der Waals surface area contributed by atoms with Crippen LogP contribution in [0.1, 0.15) is 34.3 Å². The first-order valence-electron chi connectivity index (χ1n) is 7.85. The van der Waals surface area contributed by atoms with Crippen molar-refractivity contribution < 1.29 is 0 Å². The first-order chi connectivity index (χ1) is 10.9. The number of hydrogen-bond acceptors (Lipinski definition) is 1. The number of rotatable bonds is 2. The summed E-state index contributed by atoms with van der Waals surface area (Å²) in [6, 6.07) is 30.9. The fourth-order valence-corrected chi connectivity index (χ4v) is 3.39. The molecule has 1 nitrogen and oxygen atoms in total. The van der Waals surface area contributed by atoms with Crippen LogP contribution in [0.15, 0.2) is 84.9 Å². The molecule has 22 heavy (non-hydrogen) atoms. The van der Waals surface area contributed by atoms with E-state index in [1.165, 1.54) is 22.3 Å². The Morgan fingerprint density at radius 2 is 1.23 bits per heavy atom. The van der Waals surface area contributed by atoms with Gasteiger partial charge in [-0.3, -0.25) is 5.32 Å². The molecule has 0 bridgehead atoms. The molecule has 0 radical (unpaired) electrons. The maximum atomic E-state index is 3.84. The van der Waals surface area contributed by atoms with Gasteiger partial charge in [0.25, 0.3) is 0 Å². The second-order valence-corrected chi connectivity index (χ2v) is 5.88. The van der Waals surface area contributed by atoms with Gasteiger partial charge in [0, 0.05) is 6.04 Å². The van der Waals surface area contributed by atoms with Gasteiger partial charge in [0.2, 0.25) is 0 Å². The Morgan fingerprint density at radius 1 is 0.636 bits per heavy atom. The predicted molar refractivity (Wildman–Crippen MR) is 90.7 cm³/mol. The van der Waals surface area contributed by atoms with E-state index in [4.69, 9.17) is 0 Å². The maximum absolute atomic E-state index is 3.84. The van der Waals surface area contributed by atoms with E-state index in [-0.39, 0.29) is 6.04 Å². The quantitative estimate of drug-likeness (QED) is 0.722. The van der Waals surface area contributed by atoms with E-state index in [0.29, 0.717) is 6.04 Å². The van der Waals surface area contributed by atoms with Gasteiger partial charge in [0.1, 0.15) is 0 Å². The molecule has 2 atom stereocenters. The van der Waals surface area contributed by atoms with Crippen LogP contribution < -0.4 is 5.32 Å². The van der Waals surface area contributed by atoms with Gasteiger partial charge in [-0.25, -0.2) is 0 Å². The van der Waals surface area contributed by atoms with Crippen LogP contribution in [0.4, 0.5) is 0 Å². The Hall–Kier alpha value is -2.38. The zero-order valence-electron chi connectivity index (χ0n) is 12.4. The van der Waals surface area contributed by atoms with Crippen LogP contribution in [-0.2, 0) is 6.42 Å². The molecule has 1 aliphatic heterocycles. The molecular formula is C21H19N. The fourth-order valence-electron chi connectivity index (χ4n) is 3.39. The molecule has 1 heteroatoms. The van der Waals surface area contributed by atoms with Crippen LogP contribution in [-0.4, -0.2) is 0 Å². The molecule has 0 amide bonds. The SMILES string of the molecule is c1ccc([C@H]2N[C@@H](c3ccccc3)Cc3ccccc32)cc1. The zero-order chi connectivity index (χ0) is 14.8. The molecular weight excluding hydrogens is 266 g/mol. The van der Waals surface area contributed by atoms with E-state index in [9.17, 15) is 0 Å². The van der Waals surface area contributed by atoms with E-state index in [0.717, 1.165) is 6.42 Å². The van der Waals surface area contributed by atoms with Gasteiger partial charge in [0.05, 0.1) is 6.04 Å². The Bertz CT molecular complexity index is 749. The third kappa shape index (κ3) is 2.44. The molecule has 0 fully saturated rings. The molecule has 1 aliphatic rings. The first-order valence-corrected chi connectivity index (χ1v) is 7.85. The highest BCUT2D eigenvalue weighted by Gasteiger charge is 2.27. The maximum Gasteiger partial charge on any atom is 0.0584 e. The van der Waals surface area contributed by atoms with Crippen molar-refractivity contribution in [2.24, 2.45) is 0 Å². The van der Waals surface area contributed by atoms with E-state index in [1.807, 2.05) is 0 Å². The van der Waals surface area contributed by atoms with E-state index in [2.05, 4.69) is 90.2 Å².